The number of likely N-dealkylation sites (tertiary alicyclic amines) is 1. The van der Waals surface area contributed by atoms with Crippen molar-refractivity contribution in [2.45, 2.75) is 68.0 Å². The van der Waals surface area contributed by atoms with Gasteiger partial charge in [-0.05, 0) is 74.1 Å². The Balaban J connectivity index is 1.42. The number of anilines is 1. The minimum Gasteiger partial charge on any atom is -0.384 e. The first-order chi connectivity index (χ1) is 18.2. The van der Waals surface area contributed by atoms with Gasteiger partial charge < -0.3 is 5.11 Å². The van der Waals surface area contributed by atoms with Gasteiger partial charge in [0.1, 0.15) is 5.60 Å². The highest BCUT2D eigenvalue weighted by atomic mass is 35.5. The topological polar surface area (TPSA) is 60.9 Å². The molecule has 1 saturated heterocycles. The van der Waals surface area contributed by atoms with Gasteiger partial charge in [-0.25, -0.2) is 8.42 Å². The number of halogens is 2. The van der Waals surface area contributed by atoms with Crippen molar-refractivity contribution in [3.05, 3.63) is 94.0 Å². The number of aryl methyl sites for hydroxylation is 1. The van der Waals surface area contributed by atoms with Gasteiger partial charge >= 0.3 is 0 Å². The molecule has 5 nitrogen and oxygen atoms in total. The Hall–Kier alpha value is -2.09. The number of sulfonamides is 1. The summed E-state index contributed by atoms with van der Waals surface area (Å²) in [6.45, 7) is 3.49. The molecule has 0 amide bonds. The van der Waals surface area contributed by atoms with Crippen LogP contribution in [0.1, 0.15) is 49.7 Å². The highest BCUT2D eigenvalue weighted by Crippen LogP contribution is 2.43. The molecule has 3 aromatic carbocycles. The molecule has 8 heteroatoms. The van der Waals surface area contributed by atoms with Crippen molar-refractivity contribution in [2.75, 3.05) is 17.4 Å². The van der Waals surface area contributed by atoms with Gasteiger partial charge in [-0.2, -0.15) is 0 Å². The Morgan fingerprint density at radius 2 is 1.58 bits per heavy atom. The van der Waals surface area contributed by atoms with Crippen LogP contribution < -0.4 is 4.31 Å². The maximum Gasteiger partial charge on any atom is 0.264 e. The number of rotatable bonds is 6. The zero-order valence-corrected chi connectivity index (χ0v) is 23.9. The Bertz CT molecular complexity index is 1380. The van der Waals surface area contributed by atoms with Crippen molar-refractivity contribution in [2.24, 2.45) is 0 Å². The normalized spacial score (nSPS) is 23.3. The summed E-state index contributed by atoms with van der Waals surface area (Å²) >= 11 is 12.3. The number of benzene rings is 3. The van der Waals surface area contributed by atoms with E-state index in [9.17, 15) is 13.5 Å². The number of piperidine rings is 1. The van der Waals surface area contributed by atoms with Crippen LogP contribution in [0.3, 0.4) is 0 Å². The molecule has 5 rings (SSSR count). The summed E-state index contributed by atoms with van der Waals surface area (Å²) in [7, 11) is -3.88. The van der Waals surface area contributed by atoms with E-state index in [0.717, 1.165) is 36.8 Å². The summed E-state index contributed by atoms with van der Waals surface area (Å²) < 4.78 is 29.5. The first kappa shape index (κ1) is 27.5. The predicted molar refractivity (Wildman–Crippen MR) is 154 cm³/mol. The first-order valence-electron chi connectivity index (χ1n) is 13.3. The van der Waals surface area contributed by atoms with Crippen LogP contribution in [-0.4, -0.2) is 43.6 Å². The maximum atomic E-state index is 14.0. The third-order valence-corrected chi connectivity index (χ3v) is 10.8. The van der Waals surface area contributed by atoms with Crippen molar-refractivity contribution >= 4 is 38.9 Å². The van der Waals surface area contributed by atoms with Gasteiger partial charge in [-0.3, -0.25) is 9.21 Å². The third-order valence-electron chi connectivity index (χ3n) is 8.18. The SMILES string of the molecule is Cc1ccccc1C1(O)CCCCC1N1CCC(N(c2ccccc2)S(=O)(=O)c2ccc(Cl)c(Cl)c2)CC1. The quantitative estimate of drug-likeness (QED) is 0.353. The molecule has 0 spiro atoms. The second-order valence-electron chi connectivity index (χ2n) is 10.5. The molecule has 0 aromatic heterocycles. The summed E-state index contributed by atoms with van der Waals surface area (Å²) in [5.41, 5.74) is 1.85. The van der Waals surface area contributed by atoms with Gasteiger partial charge in [0, 0.05) is 25.2 Å². The number of hydrogen-bond donors (Lipinski definition) is 1. The molecule has 1 aliphatic heterocycles. The molecule has 0 radical (unpaired) electrons. The van der Waals surface area contributed by atoms with Gasteiger partial charge in [-0.15, -0.1) is 0 Å². The average molecular weight is 574 g/mol. The minimum atomic E-state index is -3.88. The van der Waals surface area contributed by atoms with Crippen LogP contribution in [0, 0.1) is 6.92 Å². The predicted octanol–water partition coefficient (Wildman–Crippen LogP) is 6.79. The van der Waals surface area contributed by atoms with Gasteiger partial charge in [-0.1, -0.05) is 78.5 Å². The summed E-state index contributed by atoms with van der Waals surface area (Å²) in [6, 6.07) is 21.6. The van der Waals surface area contributed by atoms with E-state index in [2.05, 4.69) is 24.0 Å². The fourth-order valence-electron chi connectivity index (χ4n) is 6.30. The van der Waals surface area contributed by atoms with E-state index >= 15 is 0 Å². The number of nitrogens with zero attached hydrogens (tertiary/aromatic N) is 2. The lowest BCUT2D eigenvalue weighted by Gasteiger charge is -2.49. The van der Waals surface area contributed by atoms with Crippen LogP contribution in [0.5, 0.6) is 0 Å². The highest BCUT2D eigenvalue weighted by Gasteiger charge is 2.45. The largest absolute Gasteiger partial charge is 0.384 e. The summed E-state index contributed by atoms with van der Waals surface area (Å²) in [6.07, 6.45) is 5.08. The molecule has 0 bridgehead atoms. The van der Waals surface area contributed by atoms with Crippen molar-refractivity contribution in [3.8, 4) is 0 Å². The number of hydrogen-bond acceptors (Lipinski definition) is 4. The molecule has 38 heavy (non-hydrogen) atoms. The van der Waals surface area contributed by atoms with Crippen LogP contribution in [0.2, 0.25) is 10.0 Å². The second kappa shape index (κ2) is 11.2. The van der Waals surface area contributed by atoms with Gasteiger partial charge in [0.25, 0.3) is 10.0 Å². The van der Waals surface area contributed by atoms with Crippen molar-refractivity contribution < 1.29 is 13.5 Å². The molecular weight excluding hydrogens is 539 g/mol. The van der Waals surface area contributed by atoms with E-state index in [1.807, 2.05) is 42.5 Å². The Morgan fingerprint density at radius 3 is 2.26 bits per heavy atom. The molecule has 1 heterocycles. The average Bonchev–Trinajstić information content (AvgIpc) is 2.92. The zero-order chi connectivity index (χ0) is 26.9. The van der Waals surface area contributed by atoms with Crippen molar-refractivity contribution in [1.82, 2.24) is 4.90 Å². The minimum absolute atomic E-state index is 0.00940. The maximum absolute atomic E-state index is 14.0. The van der Waals surface area contributed by atoms with Gasteiger partial charge in [0.2, 0.25) is 0 Å². The fraction of sp³-hybridized carbons (Fsp3) is 0.400. The fourth-order valence-corrected chi connectivity index (χ4v) is 8.40. The van der Waals surface area contributed by atoms with E-state index in [1.54, 1.807) is 4.31 Å². The Kier molecular flexibility index (Phi) is 8.09. The van der Waals surface area contributed by atoms with Crippen molar-refractivity contribution in [3.63, 3.8) is 0 Å². The summed E-state index contributed by atoms with van der Waals surface area (Å²) in [5, 5.41) is 12.6. The molecule has 2 aliphatic rings. The molecule has 202 valence electrons. The van der Waals surface area contributed by atoms with Crippen LogP contribution in [-0.2, 0) is 15.6 Å². The van der Waals surface area contributed by atoms with E-state index in [0.29, 0.717) is 36.6 Å². The molecule has 1 saturated carbocycles. The summed E-state index contributed by atoms with van der Waals surface area (Å²) in [5.74, 6) is 0. The van der Waals surface area contributed by atoms with E-state index in [4.69, 9.17) is 23.2 Å². The van der Waals surface area contributed by atoms with Crippen LogP contribution >= 0.6 is 23.2 Å². The van der Waals surface area contributed by atoms with Crippen LogP contribution in [0.4, 0.5) is 5.69 Å². The molecule has 2 fully saturated rings. The second-order valence-corrected chi connectivity index (χ2v) is 13.1. The molecule has 2 atom stereocenters. The van der Waals surface area contributed by atoms with E-state index in [-0.39, 0.29) is 22.0 Å². The lowest BCUT2D eigenvalue weighted by atomic mass is 9.73. The number of para-hydroxylation sites is 1. The molecule has 1 N–H and O–H groups in total. The lowest BCUT2D eigenvalue weighted by molar-refractivity contribution is -0.0852. The third kappa shape index (κ3) is 5.22. The Labute approximate surface area is 236 Å². The van der Waals surface area contributed by atoms with Crippen molar-refractivity contribution in [1.29, 1.82) is 0 Å². The van der Waals surface area contributed by atoms with E-state index in [1.165, 1.54) is 18.2 Å². The monoisotopic (exact) mass is 572 g/mol. The van der Waals surface area contributed by atoms with Gasteiger partial charge in [0.05, 0.1) is 20.6 Å². The van der Waals surface area contributed by atoms with Crippen LogP contribution in [0.15, 0.2) is 77.7 Å². The Morgan fingerprint density at radius 1 is 0.895 bits per heavy atom. The van der Waals surface area contributed by atoms with Crippen LogP contribution in [0.25, 0.3) is 0 Å². The zero-order valence-electron chi connectivity index (χ0n) is 21.6. The molecular formula is C30H34Cl2N2O3S. The van der Waals surface area contributed by atoms with Gasteiger partial charge in [0.15, 0.2) is 0 Å². The lowest BCUT2D eigenvalue weighted by Crippen LogP contribution is -2.57. The smallest absolute Gasteiger partial charge is 0.264 e. The highest BCUT2D eigenvalue weighted by molar-refractivity contribution is 7.92. The molecule has 1 aliphatic carbocycles. The standard InChI is InChI=1S/C30H34Cl2N2O3S/c1-22-9-5-6-12-26(22)30(35)18-8-7-13-29(30)33-19-16-24(17-20-33)34(23-10-3-2-4-11-23)38(36,37)25-14-15-27(31)28(32)21-25/h2-6,9-12,14-15,21,24,29,35H,7-8,13,16-20H2,1H3. The first-order valence-corrected chi connectivity index (χ1v) is 15.5. The van der Waals surface area contributed by atoms with E-state index < -0.39 is 15.6 Å². The summed E-state index contributed by atoms with van der Waals surface area (Å²) in [4.78, 5) is 2.51. The molecule has 2 unspecified atom stereocenters. The number of aliphatic hydroxyl groups is 1. The molecule has 3 aromatic rings.